The third kappa shape index (κ3) is 3.65. The van der Waals surface area contributed by atoms with Gasteiger partial charge in [0.25, 0.3) is 5.91 Å². The molecule has 1 amide bonds. The van der Waals surface area contributed by atoms with Crippen LogP contribution in [0.25, 0.3) is 0 Å². The Kier molecular flexibility index (Phi) is 4.75. The Hall–Kier alpha value is -2.60. The number of anilines is 1. The Morgan fingerprint density at radius 2 is 1.96 bits per heavy atom. The van der Waals surface area contributed by atoms with Gasteiger partial charge in [-0.1, -0.05) is 30.0 Å². The molecule has 1 atom stereocenters. The van der Waals surface area contributed by atoms with E-state index < -0.39 is 0 Å². The molecule has 0 radical (unpaired) electrons. The van der Waals surface area contributed by atoms with Crippen LogP contribution in [0.2, 0.25) is 0 Å². The second-order valence-corrected chi connectivity index (χ2v) is 7.53. The molecule has 1 aromatic carbocycles. The third-order valence-corrected chi connectivity index (χ3v) is 5.60. The number of pyridine rings is 1. The number of aromatic nitrogens is 3. The third-order valence-electron chi connectivity index (χ3n) is 4.58. The lowest BCUT2D eigenvalue weighted by Crippen LogP contribution is -2.19. The van der Waals surface area contributed by atoms with Gasteiger partial charge >= 0.3 is 0 Å². The molecule has 2 heterocycles. The maximum atomic E-state index is 12.9. The van der Waals surface area contributed by atoms with Crippen LogP contribution in [0.4, 0.5) is 5.82 Å². The van der Waals surface area contributed by atoms with Crippen molar-refractivity contribution in [2.24, 2.45) is 5.92 Å². The van der Waals surface area contributed by atoms with E-state index in [1.54, 1.807) is 24.5 Å². The summed E-state index contributed by atoms with van der Waals surface area (Å²) in [6, 6.07) is 15.7. The van der Waals surface area contributed by atoms with Gasteiger partial charge in [0, 0.05) is 17.2 Å². The summed E-state index contributed by atoms with van der Waals surface area (Å²) in [6.45, 7) is 2.15. The highest BCUT2D eigenvalue weighted by Crippen LogP contribution is 2.40. The minimum absolute atomic E-state index is 0.165. The summed E-state index contributed by atoms with van der Waals surface area (Å²) in [5, 5.41) is 8.09. The zero-order valence-corrected chi connectivity index (χ0v) is 15.3. The first-order valence-corrected chi connectivity index (χ1v) is 9.57. The second-order valence-electron chi connectivity index (χ2n) is 6.46. The molecule has 1 saturated carbocycles. The van der Waals surface area contributed by atoms with E-state index in [4.69, 9.17) is 0 Å². The maximum absolute atomic E-state index is 12.9. The molecule has 6 heteroatoms. The van der Waals surface area contributed by atoms with Gasteiger partial charge in [-0.3, -0.25) is 4.79 Å². The molecule has 4 rings (SSSR count). The topological polar surface area (TPSA) is 59.8 Å². The summed E-state index contributed by atoms with van der Waals surface area (Å²) in [7, 11) is 0. The van der Waals surface area contributed by atoms with Gasteiger partial charge in [0.15, 0.2) is 0 Å². The minimum atomic E-state index is -0.165. The maximum Gasteiger partial charge on any atom is 0.259 e. The average Bonchev–Trinajstić information content (AvgIpc) is 3.42. The Morgan fingerprint density at radius 1 is 1.15 bits per heavy atom. The van der Waals surface area contributed by atoms with Crippen LogP contribution in [-0.4, -0.2) is 20.7 Å². The van der Waals surface area contributed by atoms with Crippen LogP contribution in [0, 0.1) is 5.92 Å². The predicted octanol–water partition coefficient (Wildman–Crippen LogP) is 4.65. The lowest BCUT2D eigenvalue weighted by atomic mass is 10.2. The molecule has 5 nitrogen and oxygen atoms in total. The minimum Gasteiger partial charge on any atom is -0.307 e. The Bertz CT molecular complexity index is 905. The number of nitrogens with zero attached hydrogens (tertiary/aromatic N) is 3. The first-order chi connectivity index (χ1) is 12.7. The van der Waals surface area contributed by atoms with Crippen molar-refractivity contribution in [3.05, 3.63) is 66.5 Å². The van der Waals surface area contributed by atoms with Gasteiger partial charge in [0.1, 0.15) is 10.8 Å². The molecular formula is C20H20N4OS. The Labute approximate surface area is 156 Å². The molecule has 2 aromatic heterocycles. The summed E-state index contributed by atoms with van der Waals surface area (Å²) >= 11 is 1.49. The zero-order valence-electron chi connectivity index (χ0n) is 14.5. The van der Waals surface area contributed by atoms with Gasteiger partial charge in [-0.05, 0) is 49.9 Å². The lowest BCUT2D eigenvalue weighted by molar-refractivity contribution is 0.102. The number of nitrogens with one attached hydrogen (secondary N) is 1. The number of hydrogen-bond acceptors (Lipinski definition) is 4. The quantitative estimate of drug-likeness (QED) is 0.691. The zero-order chi connectivity index (χ0) is 17.9. The highest BCUT2D eigenvalue weighted by molar-refractivity contribution is 7.99. The SMILES string of the molecule is CC(C1CC1)n1nccc1NC(=O)c1cccnc1Sc1ccccc1. The summed E-state index contributed by atoms with van der Waals surface area (Å²) in [6.07, 6.45) is 5.91. The molecule has 3 aromatic rings. The molecule has 26 heavy (non-hydrogen) atoms. The summed E-state index contributed by atoms with van der Waals surface area (Å²) in [5.74, 6) is 1.23. The smallest absolute Gasteiger partial charge is 0.259 e. The van der Waals surface area contributed by atoms with Crippen molar-refractivity contribution in [3.63, 3.8) is 0 Å². The fourth-order valence-electron chi connectivity index (χ4n) is 2.94. The van der Waals surface area contributed by atoms with Gasteiger partial charge in [0.2, 0.25) is 0 Å². The van der Waals surface area contributed by atoms with E-state index in [1.165, 1.54) is 24.6 Å². The van der Waals surface area contributed by atoms with E-state index in [-0.39, 0.29) is 5.91 Å². The van der Waals surface area contributed by atoms with Gasteiger partial charge in [0.05, 0.1) is 17.8 Å². The van der Waals surface area contributed by atoms with Crippen LogP contribution >= 0.6 is 11.8 Å². The van der Waals surface area contributed by atoms with Crippen molar-refractivity contribution < 1.29 is 4.79 Å². The van der Waals surface area contributed by atoms with Gasteiger partial charge in [-0.15, -0.1) is 0 Å². The van der Waals surface area contributed by atoms with Gasteiger partial charge in [-0.2, -0.15) is 5.10 Å². The Morgan fingerprint density at radius 3 is 2.73 bits per heavy atom. The summed E-state index contributed by atoms with van der Waals surface area (Å²) in [4.78, 5) is 18.3. The van der Waals surface area contributed by atoms with Crippen LogP contribution in [0.3, 0.4) is 0 Å². The highest BCUT2D eigenvalue weighted by Gasteiger charge is 2.31. The van der Waals surface area contributed by atoms with E-state index >= 15 is 0 Å². The lowest BCUT2D eigenvalue weighted by Gasteiger charge is -2.16. The molecular weight excluding hydrogens is 344 g/mol. The number of carbonyl (C=O) groups excluding carboxylic acids is 1. The van der Waals surface area contributed by atoms with Crippen molar-refractivity contribution in [2.45, 2.75) is 35.7 Å². The predicted molar refractivity (Wildman–Crippen MR) is 102 cm³/mol. The molecule has 0 spiro atoms. The van der Waals surface area contributed by atoms with Gasteiger partial charge in [-0.25, -0.2) is 9.67 Å². The van der Waals surface area contributed by atoms with E-state index in [9.17, 15) is 4.79 Å². The molecule has 0 aliphatic heterocycles. The van der Waals surface area contributed by atoms with Gasteiger partial charge < -0.3 is 5.32 Å². The summed E-state index contributed by atoms with van der Waals surface area (Å²) < 4.78 is 1.91. The fraction of sp³-hybridized carbons (Fsp3) is 0.250. The molecule has 1 fully saturated rings. The molecule has 1 aliphatic rings. The molecule has 1 N–H and O–H groups in total. The molecule has 1 unspecified atom stereocenters. The van der Waals surface area contributed by atoms with Crippen LogP contribution in [-0.2, 0) is 0 Å². The normalized spacial score (nSPS) is 14.8. The number of hydrogen-bond donors (Lipinski definition) is 1. The molecule has 0 saturated heterocycles. The van der Waals surface area contributed by atoms with E-state index in [0.29, 0.717) is 22.5 Å². The number of amides is 1. The van der Waals surface area contributed by atoms with Crippen LogP contribution < -0.4 is 5.32 Å². The van der Waals surface area contributed by atoms with Crippen molar-refractivity contribution >= 4 is 23.5 Å². The highest BCUT2D eigenvalue weighted by atomic mass is 32.2. The van der Waals surface area contributed by atoms with Crippen LogP contribution in [0.5, 0.6) is 0 Å². The van der Waals surface area contributed by atoms with Crippen molar-refractivity contribution in [2.75, 3.05) is 5.32 Å². The number of rotatable bonds is 6. The van der Waals surface area contributed by atoms with E-state index in [0.717, 1.165) is 10.7 Å². The van der Waals surface area contributed by atoms with Crippen molar-refractivity contribution in [3.8, 4) is 0 Å². The first-order valence-electron chi connectivity index (χ1n) is 8.75. The molecule has 1 aliphatic carbocycles. The molecule has 0 bridgehead atoms. The molecule has 132 valence electrons. The average molecular weight is 364 g/mol. The number of carbonyl (C=O) groups is 1. The standard InChI is InChI=1S/C20H20N4OS/c1-14(15-9-10-15)24-18(11-13-22-24)23-19(25)17-8-5-12-21-20(17)26-16-6-3-2-4-7-16/h2-8,11-15H,9-10H2,1H3,(H,23,25). The second kappa shape index (κ2) is 7.33. The monoisotopic (exact) mass is 364 g/mol. The van der Waals surface area contributed by atoms with E-state index in [2.05, 4.69) is 22.3 Å². The number of benzene rings is 1. The Balaban J connectivity index is 1.55. The van der Waals surface area contributed by atoms with Crippen molar-refractivity contribution in [1.82, 2.24) is 14.8 Å². The largest absolute Gasteiger partial charge is 0.307 e. The van der Waals surface area contributed by atoms with Crippen molar-refractivity contribution in [1.29, 1.82) is 0 Å². The van der Waals surface area contributed by atoms with Crippen LogP contribution in [0.15, 0.2) is 70.8 Å². The van der Waals surface area contributed by atoms with Crippen LogP contribution in [0.1, 0.15) is 36.2 Å². The summed E-state index contributed by atoms with van der Waals surface area (Å²) in [5.41, 5.74) is 0.563. The fourth-order valence-corrected chi connectivity index (χ4v) is 3.85. The first kappa shape index (κ1) is 16.8. The van der Waals surface area contributed by atoms with E-state index in [1.807, 2.05) is 41.1 Å².